The molecule has 4 atom stereocenters. The number of rotatable bonds is 9. The smallest absolute Gasteiger partial charge is 0.261 e. The van der Waals surface area contributed by atoms with Crippen LogP contribution in [0.2, 0.25) is 10.0 Å². The lowest BCUT2D eigenvalue weighted by Gasteiger charge is -2.36. The van der Waals surface area contributed by atoms with Crippen molar-refractivity contribution >= 4 is 44.8 Å². The Hall–Kier alpha value is -2.93. The van der Waals surface area contributed by atoms with Crippen LogP contribution in [0.3, 0.4) is 0 Å². The number of nitrogens with one attached hydrogen (secondary N) is 1. The van der Waals surface area contributed by atoms with E-state index in [-0.39, 0.29) is 47.4 Å². The highest BCUT2D eigenvalue weighted by molar-refractivity contribution is 7.92. The summed E-state index contributed by atoms with van der Waals surface area (Å²) in [6, 6.07) is 14.0. The molecule has 262 valence electrons. The first kappa shape index (κ1) is 37.9. The van der Waals surface area contributed by atoms with Gasteiger partial charge in [-0.25, -0.2) is 12.8 Å². The fourth-order valence-corrected chi connectivity index (χ4v) is 6.97. The van der Waals surface area contributed by atoms with Crippen LogP contribution in [-0.4, -0.2) is 80.8 Å². The standard InChI is InChI=1S/C35H44Cl2FN3O6S/c1-23-19-41(24(2)22-42)35(43)30-18-28(39-48(44,45)29-12-9-27(38)10-13-29)11-15-33(30)47-25(3)7-5-6-16-46-34(23)21-40(4)20-26-8-14-31(36)32(37)17-26/h8-15,17-18,23-25,34,39,42H,5-7,16,19-22H2,1-4H3/t23-,24+,25-,34+/m0/s1. The molecular formula is C35H44Cl2FN3O6S. The number of nitrogens with zero attached hydrogens (tertiary/aromatic N) is 2. The molecule has 4 rings (SSSR count). The lowest BCUT2D eigenvalue weighted by molar-refractivity contribution is -0.0177. The number of likely N-dealkylation sites (N-methyl/N-ethyl adjacent to an activating group) is 1. The molecule has 0 saturated carbocycles. The van der Waals surface area contributed by atoms with E-state index in [0.29, 0.717) is 41.9 Å². The average molecular weight is 725 g/mol. The van der Waals surface area contributed by atoms with Crippen LogP contribution < -0.4 is 9.46 Å². The Kier molecular flexibility index (Phi) is 13.5. The van der Waals surface area contributed by atoms with E-state index in [0.717, 1.165) is 30.5 Å². The van der Waals surface area contributed by atoms with Gasteiger partial charge in [0.15, 0.2) is 0 Å². The van der Waals surface area contributed by atoms with Gasteiger partial charge in [-0.15, -0.1) is 0 Å². The van der Waals surface area contributed by atoms with Gasteiger partial charge in [0.1, 0.15) is 11.6 Å². The van der Waals surface area contributed by atoms with Crippen LogP contribution in [0.4, 0.5) is 10.1 Å². The van der Waals surface area contributed by atoms with E-state index < -0.39 is 27.8 Å². The quantitative estimate of drug-likeness (QED) is 0.248. The van der Waals surface area contributed by atoms with Crippen molar-refractivity contribution in [2.75, 3.05) is 38.1 Å². The highest BCUT2D eigenvalue weighted by atomic mass is 35.5. The summed E-state index contributed by atoms with van der Waals surface area (Å²) in [6.07, 6.45) is 1.89. The first-order chi connectivity index (χ1) is 22.8. The van der Waals surface area contributed by atoms with Gasteiger partial charge in [0.2, 0.25) is 0 Å². The average Bonchev–Trinajstić information content (AvgIpc) is 3.04. The second kappa shape index (κ2) is 17.1. The zero-order chi connectivity index (χ0) is 35.0. The molecule has 13 heteroatoms. The van der Waals surface area contributed by atoms with E-state index in [4.69, 9.17) is 32.7 Å². The molecule has 0 unspecified atom stereocenters. The molecule has 48 heavy (non-hydrogen) atoms. The number of anilines is 1. The minimum Gasteiger partial charge on any atom is -0.490 e. The molecular weight excluding hydrogens is 680 g/mol. The zero-order valence-electron chi connectivity index (χ0n) is 27.7. The maximum atomic E-state index is 14.4. The number of halogens is 3. The van der Waals surface area contributed by atoms with Crippen LogP contribution in [0.25, 0.3) is 0 Å². The number of ether oxygens (including phenoxy) is 2. The third-order valence-electron chi connectivity index (χ3n) is 8.36. The van der Waals surface area contributed by atoms with Gasteiger partial charge < -0.3 is 19.5 Å². The molecule has 1 aliphatic heterocycles. The molecule has 0 spiro atoms. The minimum absolute atomic E-state index is 0.125. The second-order valence-corrected chi connectivity index (χ2v) is 15.0. The molecule has 0 saturated heterocycles. The number of benzene rings is 3. The number of fused-ring (bicyclic) bond motifs is 1. The van der Waals surface area contributed by atoms with E-state index in [2.05, 4.69) is 9.62 Å². The summed E-state index contributed by atoms with van der Waals surface area (Å²) in [4.78, 5) is 17.9. The maximum absolute atomic E-state index is 14.4. The van der Waals surface area contributed by atoms with Crippen LogP contribution in [0.5, 0.6) is 5.75 Å². The number of carbonyl (C=O) groups excluding carboxylic acids is 1. The van der Waals surface area contributed by atoms with Gasteiger partial charge in [-0.3, -0.25) is 14.4 Å². The molecule has 0 bridgehead atoms. The van der Waals surface area contributed by atoms with Gasteiger partial charge in [-0.2, -0.15) is 0 Å². The van der Waals surface area contributed by atoms with Gasteiger partial charge in [-0.05, 0) is 100 Å². The molecule has 0 aromatic heterocycles. The number of amides is 1. The van der Waals surface area contributed by atoms with Gasteiger partial charge in [0.05, 0.1) is 45.4 Å². The van der Waals surface area contributed by atoms with Gasteiger partial charge in [0, 0.05) is 37.8 Å². The lowest BCUT2D eigenvalue weighted by atomic mass is 10.0. The van der Waals surface area contributed by atoms with Crippen molar-refractivity contribution in [3.63, 3.8) is 0 Å². The Balaban J connectivity index is 1.63. The zero-order valence-corrected chi connectivity index (χ0v) is 30.0. The highest BCUT2D eigenvalue weighted by Crippen LogP contribution is 2.30. The third kappa shape index (κ3) is 10.3. The fourth-order valence-electron chi connectivity index (χ4n) is 5.60. The van der Waals surface area contributed by atoms with Crippen molar-refractivity contribution in [3.8, 4) is 5.75 Å². The molecule has 9 nitrogen and oxygen atoms in total. The summed E-state index contributed by atoms with van der Waals surface area (Å²) < 4.78 is 54.8. The van der Waals surface area contributed by atoms with Crippen LogP contribution >= 0.6 is 23.2 Å². The van der Waals surface area contributed by atoms with Gasteiger partial charge >= 0.3 is 0 Å². The number of hydrogen-bond donors (Lipinski definition) is 2. The third-order valence-corrected chi connectivity index (χ3v) is 10.5. The molecule has 3 aromatic carbocycles. The van der Waals surface area contributed by atoms with E-state index in [9.17, 15) is 22.7 Å². The van der Waals surface area contributed by atoms with E-state index in [1.165, 1.54) is 24.3 Å². The minimum atomic E-state index is -4.08. The molecule has 0 radical (unpaired) electrons. The summed E-state index contributed by atoms with van der Waals surface area (Å²) in [7, 11) is -2.09. The summed E-state index contributed by atoms with van der Waals surface area (Å²) in [5, 5.41) is 11.2. The van der Waals surface area contributed by atoms with Crippen LogP contribution in [0.1, 0.15) is 56.0 Å². The Morgan fingerprint density at radius 2 is 1.79 bits per heavy atom. The highest BCUT2D eigenvalue weighted by Gasteiger charge is 2.31. The monoisotopic (exact) mass is 723 g/mol. The van der Waals surface area contributed by atoms with Gasteiger partial charge in [0.25, 0.3) is 15.9 Å². The molecule has 1 amide bonds. The number of hydrogen-bond acceptors (Lipinski definition) is 7. The van der Waals surface area contributed by atoms with Crippen LogP contribution in [0.15, 0.2) is 65.6 Å². The van der Waals surface area contributed by atoms with Crippen molar-refractivity contribution < 1.29 is 32.2 Å². The molecule has 0 fully saturated rings. The number of sulfonamides is 1. The number of aliphatic hydroxyl groups is 1. The fraction of sp³-hybridized carbons (Fsp3) is 0.457. The maximum Gasteiger partial charge on any atom is 0.261 e. The molecule has 2 N–H and O–H groups in total. The van der Waals surface area contributed by atoms with Crippen molar-refractivity contribution in [1.82, 2.24) is 9.80 Å². The normalized spacial score (nSPS) is 20.5. The summed E-state index contributed by atoms with van der Waals surface area (Å²) in [6.45, 7) is 7.38. The van der Waals surface area contributed by atoms with E-state index in [1.54, 1.807) is 24.0 Å². The van der Waals surface area contributed by atoms with E-state index in [1.807, 2.05) is 33.0 Å². The predicted octanol–water partition coefficient (Wildman–Crippen LogP) is 6.86. The Labute approximate surface area is 293 Å². The Bertz CT molecular complexity index is 1650. The van der Waals surface area contributed by atoms with Crippen molar-refractivity contribution in [1.29, 1.82) is 0 Å². The SMILES string of the molecule is C[C@H](CO)N1C[C@H](C)[C@@H](CN(C)Cc2ccc(Cl)c(Cl)c2)OCCCC[C@H](C)Oc2ccc(NS(=O)(=O)c3ccc(F)cc3)cc2C1=O. The molecule has 0 aliphatic carbocycles. The molecule has 1 aliphatic rings. The summed E-state index contributed by atoms with van der Waals surface area (Å²) in [5.41, 5.74) is 1.29. The van der Waals surface area contributed by atoms with E-state index >= 15 is 0 Å². The van der Waals surface area contributed by atoms with Crippen molar-refractivity contribution in [3.05, 3.63) is 87.7 Å². The predicted molar refractivity (Wildman–Crippen MR) is 187 cm³/mol. The molecule has 3 aromatic rings. The summed E-state index contributed by atoms with van der Waals surface area (Å²) >= 11 is 12.4. The topological polar surface area (TPSA) is 108 Å². The van der Waals surface area contributed by atoms with Crippen molar-refractivity contribution in [2.45, 2.75) is 69.7 Å². The largest absolute Gasteiger partial charge is 0.490 e. The lowest BCUT2D eigenvalue weighted by Crippen LogP contribution is -2.47. The summed E-state index contributed by atoms with van der Waals surface area (Å²) in [5.74, 6) is -0.819. The second-order valence-electron chi connectivity index (χ2n) is 12.5. The van der Waals surface area contributed by atoms with Gasteiger partial charge in [-0.1, -0.05) is 36.2 Å². The van der Waals surface area contributed by atoms with Crippen LogP contribution in [-0.2, 0) is 21.3 Å². The first-order valence-corrected chi connectivity index (χ1v) is 18.3. The molecule has 1 heterocycles. The van der Waals surface area contributed by atoms with Crippen LogP contribution in [0, 0.1) is 11.7 Å². The number of carbonyl (C=O) groups is 1. The van der Waals surface area contributed by atoms with Crippen molar-refractivity contribution in [2.24, 2.45) is 5.92 Å². The number of aliphatic hydroxyl groups excluding tert-OH is 1. The first-order valence-electron chi connectivity index (χ1n) is 16.0. The Morgan fingerprint density at radius 3 is 2.48 bits per heavy atom. The Morgan fingerprint density at radius 1 is 1.06 bits per heavy atom.